The summed E-state index contributed by atoms with van der Waals surface area (Å²) in [6.45, 7) is 9.20. The maximum atomic E-state index is 12.0. The van der Waals surface area contributed by atoms with Crippen molar-refractivity contribution < 1.29 is 14.3 Å². The van der Waals surface area contributed by atoms with Crippen LogP contribution in [0.2, 0.25) is 0 Å². The Bertz CT molecular complexity index is 271. The summed E-state index contributed by atoms with van der Waals surface area (Å²) in [7, 11) is 0. The molecule has 1 saturated heterocycles. The van der Waals surface area contributed by atoms with E-state index in [9.17, 15) is 9.59 Å². The molecule has 0 bridgehead atoms. The van der Waals surface area contributed by atoms with Crippen molar-refractivity contribution in [2.45, 2.75) is 46.6 Å². The first-order valence-corrected chi connectivity index (χ1v) is 4.91. The Morgan fingerprint density at radius 2 is 1.93 bits per heavy atom. The summed E-state index contributed by atoms with van der Waals surface area (Å²) in [5.74, 6) is -0.457. The summed E-state index contributed by atoms with van der Waals surface area (Å²) >= 11 is 0. The van der Waals surface area contributed by atoms with Crippen LogP contribution < -0.4 is 0 Å². The van der Waals surface area contributed by atoms with Crippen LogP contribution in [-0.4, -0.2) is 17.4 Å². The average molecular weight is 198 g/mol. The fraction of sp³-hybridized carbons (Fsp3) is 0.818. The molecule has 0 spiro atoms. The summed E-state index contributed by atoms with van der Waals surface area (Å²) in [6.07, 6.45) is 0.225. The highest BCUT2D eigenvalue weighted by Crippen LogP contribution is 2.37. The third-order valence-electron chi connectivity index (χ3n) is 2.64. The van der Waals surface area contributed by atoms with E-state index in [2.05, 4.69) is 0 Å². The van der Waals surface area contributed by atoms with Crippen LogP contribution in [0.1, 0.15) is 41.0 Å². The highest BCUT2D eigenvalue weighted by molar-refractivity contribution is 5.92. The number of carbonyl (C=O) groups excluding carboxylic acids is 2. The van der Waals surface area contributed by atoms with Crippen molar-refractivity contribution >= 4 is 11.8 Å². The molecule has 3 heteroatoms. The maximum absolute atomic E-state index is 12.0. The van der Waals surface area contributed by atoms with Gasteiger partial charge in [-0.1, -0.05) is 20.8 Å². The van der Waals surface area contributed by atoms with Crippen molar-refractivity contribution in [3.63, 3.8) is 0 Å². The van der Waals surface area contributed by atoms with Gasteiger partial charge in [-0.2, -0.15) is 0 Å². The molecule has 0 aliphatic carbocycles. The van der Waals surface area contributed by atoms with Gasteiger partial charge < -0.3 is 4.74 Å². The minimum Gasteiger partial charge on any atom is -0.459 e. The molecule has 1 fully saturated rings. The molecule has 1 aliphatic heterocycles. The van der Waals surface area contributed by atoms with E-state index in [1.807, 2.05) is 20.8 Å². The average Bonchev–Trinajstić information content (AvgIpc) is 2.20. The van der Waals surface area contributed by atoms with Crippen LogP contribution in [0.25, 0.3) is 0 Å². The van der Waals surface area contributed by atoms with Crippen LogP contribution in [0.15, 0.2) is 0 Å². The molecule has 1 atom stereocenters. The van der Waals surface area contributed by atoms with Crippen LogP contribution in [-0.2, 0) is 14.3 Å². The predicted molar refractivity (Wildman–Crippen MR) is 52.7 cm³/mol. The first-order chi connectivity index (χ1) is 6.14. The zero-order valence-corrected chi connectivity index (χ0v) is 9.51. The van der Waals surface area contributed by atoms with Gasteiger partial charge in [-0.3, -0.25) is 9.59 Å². The van der Waals surface area contributed by atoms with E-state index in [0.29, 0.717) is 0 Å². The fourth-order valence-electron chi connectivity index (χ4n) is 1.75. The van der Waals surface area contributed by atoms with E-state index in [0.717, 1.165) is 0 Å². The lowest BCUT2D eigenvalue weighted by Crippen LogP contribution is -2.39. The molecule has 0 aromatic carbocycles. The van der Waals surface area contributed by atoms with Crippen molar-refractivity contribution in [3.05, 3.63) is 0 Å². The lowest BCUT2D eigenvalue weighted by atomic mass is 9.76. The number of carbonyl (C=O) groups is 2. The largest absolute Gasteiger partial charge is 0.459 e. The molecular formula is C11H18O3. The predicted octanol–water partition coefficient (Wildman–Crippen LogP) is 1.94. The lowest BCUT2D eigenvalue weighted by Gasteiger charge is -2.28. The fourth-order valence-corrected chi connectivity index (χ4v) is 1.75. The Kier molecular flexibility index (Phi) is 2.46. The van der Waals surface area contributed by atoms with Gasteiger partial charge in [-0.15, -0.1) is 0 Å². The Balaban J connectivity index is 2.89. The van der Waals surface area contributed by atoms with Gasteiger partial charge in [0.05, 0.1) is 12.3 Å². The summed E-state index contributed by atoms with van der Waals surface area (Å²) < 4.78 is 5.12. The zero-order valence-electron chi connectivity index (χ0n) is 9.51. The van der Waals surface area contributed by atoms with E-state index in [1.165, 1.54) is 0 Å². The van der Waals surface area contributed by atoms with E-state index in [1.54, 1.807) is 13.8 Å². The molecule has 1 rings (SSSR count). The van der Waals surface area contributed by atoms with Crippen LogP contribution in [0, 0.1) is 11.3 Å². The second kappa shape index (κ2) is 3.07. The number of hydrogen-bond donors (Lipinski definition) is 0. The zero-order chi connectivity index (χ0) is 11.1. The first-order valence-electron chi connectivity index (χ1n) is 4.91. The minimum absolute atomic E-state index is 0.105. The van der Waals surface area contributed by atoms with Gasteiger partial charge in [-0.05, 0) is 13.8 Å². The van der Waals surface area contributed by atoms with Crippen LogP contribution in [0.4, 0.5) is 0 Å². The number of cyclic esters (lactones) is 1. The number of Topliss-reactive ketones (excluding diaryl/α,β-unsaturated/α-hetero) is 1. The summed E-state index contributed by atoms with van der Waals surface area (Å²) in [6, 6.07) is 0. The normalized spacial score (nSPS) is 26.1. The second-order valence-corrected chi connectivity index (χ2v) is 5.45. The van der Waals surface area contributed by atoms with Crippen molar-refractivity contribution in [2.75, 3.05) is 0 Å². The smallest absolute Gasteiger partial charge is 0.307 e. The van der Waals surface area contributed by atoms with E-state index in [-0.39, 0.29) is 24.1 Å². The monoisotopic (exact) mass is 198 g/mol. The van der Waals surface area contributed by atoms with Crippen LogP contribution in [0.5, 0.6) is 0 Å². The van der Waals surface area contributed by atoms with Crippen molar-refractivity contribution in [1.82, 2.24) is 0 Å². The molecule has 1 unspecified atom stereocenters. The van der Waals surface area contributed by atoms with Crippen molar-refractivity contribution in [3.8, 4) is 0 Å². The Morgan fingerprint density at radius 3 is 2.21 bits per heavy atom. The molecule has 3 nitrogen and oxygen atoms in total. The molecule has 0 saturated carbocycles. The number of ether oxygens (including phenoxy) is 1. The Labute approximate surface area is 84.8 Å². The molecule has 0 N–H and O–H groups in total. The highest BCUT2D eigenvalue weighted by atomic mass is 16.6. The summed E-state index contributed by atoms with van der Waals surface area (Å²) in [5, 5.41) is 0. The third-order valence-corrected chi connectivity index (χ3v) is 2.64. The topological polar surface area (TPSA) is 43.4 Å². The van der Waals surface area contributed by atoms with Gasteiger partial charge in [0.2, 0.25) is 0 Å². The van der Waals surface area contributed by atoms with Gasteiger partial charge in [0.1, 0.15) is 11.4 Å². The molecule has 0 aromatic heterocycles. The summed E-state index contributed by atoms with van der Waals surface area (Å²) in [5.41, 5.74) is -1.04. The SMILES string of the molecule is CC(C)(C)C(=O)C1CC(=O)OC1(C)C. The quantitative estimate of drug-likeness (QED) is 0.605. The Morgan fingerprint density at radius 1 is 1.43 bits per heavy atom. The molecule has 14 heavy (non-hydrogen) atoms. The van der Waals surface area contributed by atoms with Crippen molar-refractivity contribution in [2.24, 2.45) is 11.3 Å². The molecule has 0 amide bonds. The number of hydrogen-bond acceptors (Lipinski definition) is 3. The van der Waals surface area contributed by atoms with Gasteiger partial charge in [-0.25, -0.2) is 0 Å². The lowest BCUT2D eigenvalue weighted by molar-refractivity contribution is -0.147. The number of esters is 1. The number of ketones is 1. The summed E-state index contributed by atoms with van der Waals surface area (Å²) in [4.78, 5) is 23.1. The number of rotatable bonds is 1. The standard InChI is InChI=1S/C11H18O3/c1-10(2,3)9(13)7-6-8(12)14-11(7,4)5/h7H,6H2,1-5H3. The first kappa shape index (κ1) is 11.2. The third kappa shape index (κ3) is 1.97. The highest BCUT2D eigenvalue weighted by Gasteiger charge is 2.48. The van der Waals surface area contributed by atoms with Crippen LogP contribution >= 0.6 is 0 Å². The van der Waals surface area contributed by atoms with Gasteiger partial charge in [0, 0.05) is 5.41 Å². The minimum atomic E-state index is -0.637. The molecular weight excluding hydrogens is 180 g/mol. The van der Waals surface area contributed by atoms with E-state index in [4.69, 9.17) is 4.74 Å². The molecule has 80 valence electrons. The van der Waals surface area contributed by atoms with E-state index >= 15 is 0 Å². The molecule has 1 aliphatic rings. The van der Waals surface area contributed by atoms with Gasteiger partial charge in [0.15, 0.2) is 0 Å². The molecule has 1 heterocycles. The maximum Gasteiger partial charge on any atom is 0.307 e. The molecule has 0 radical (unpaired) electrons. The van der Waals surface area contributed by atoms with Crippen molar-refractivity contribution in [1.29, 1.82) is 0 Å². The van der Waals surface area contributed by atoms with Gasteiger partial charge in [0.25, 0.3) is 0 Å². The van der Waals surface area contributed by atoms with Gasteiger partial charge >= 0.3 is 5.97 Å². The second-order valence-electron chi connectivity index (χ2n) is 5.45. The Hall–Kier alpha value is -0.860. The van der Waals surface area contributed by atoms with Crippen LogP contribution in [0.3, 0.4) is 0 Å². The van der Waals surface area contributed by atoms with E-state index < -0.39 is 11.0 Å². The molecule has 0 aromatic rings.